The highest BCUT2D eigenvalue weighted by atomic mass is 32.1. The number of allylic oxidation sites excluding steroid dienone is 2. The predicted molar refractivity (Wildman–Crippen MR) is 136 cm³/mol. The number of rotatable bonds is 7. The molecule has 4 rings (SSSR count). The molecule has 1 aromatic heterocycles. The van der Waals surface area contributed by atoms with Crippen LogP contribution in [0.1, 0.15) is 31.0 Å². The number of fused-ring (bicyclic) bond motifs is 1. The van der Waals surface area contributed by atoms with Crippen LogP contribution >= 0.6 is 11.3 Å². The van der Waals surface area contributed by atoms with Crippen LogP contribution in [0.2, 0.25) is 0 Å². The van der Waals surface area contributed by atoms with Crippen LogP contribution in [0.3, 0.4) is 0 Å². The Kier molecular flexibility index (Phi) is 7.31. The normalized spacial score (nSPS) is 15.7. The molecule has 0 amide bonds. The van der Waals surface area contributed by atoms with E-state index in [1.807, 2.05) is 48.6 Å². The fourth-order valence-electron chi connectivity index (χ4n) is 3.86. The number of methoxy groups -OCH3 is 2. The molecule has 0 unspecified atom stereocenters. The molecule has 0 saturated carbocycles. The average molecular weight is 491 g/mol. The first-order valence-electron chi connectivity index (χ1n) is 11.1. The molecular weight excluding hydrogens is 464 g/mol. The second kappa shape index (κ2) is 10.6. The van der Waals surface area contributed by atoms with Gasteiger partial charge in [0.25, 0.3) is 5.56 Å². The van der Waals surface area contributed by atoms with E-state index < -0.39 is 12.0 Å². The summed E-state index contributed by atoms with van der Waals surface area (Å²) in [7, 11) is 3.15. The van der Waals surface area contributed by atoms with E-state index in [0.29, 0.717) is 32.1 Å². The second-order valence-corrected chi connectivity index (χ2v) is 8.73. The van der Waals surface area contributed by atoms with Gasteiger partial charge in [-0.05, 0) is 37.6 Å². The molecule has 0 spiro atoms. The number of hydrogen-bond donors (Lipinski definition) is 0. The maximum absolute atomic E-state index is 13.6. The summed E-state index contributed by atoms with van der Waals surface area (Å²) in [5, 5.41) is 0. The first kappa shape index (κ1) is 24.2. The number of carbonyl (C=O) groups excluding carboxylic acids is 1. The topological polar surface area (TPSA) is 79.1 Å². The van der Waals surface area contributed by atoms with Crippen molar-refractivity contribution in [3.63, 3.8) is 0 Å². The molecule has 7 nitrogen and oxygen atoms in total. The zero-order chi connectivity index (χ0) is 24.9. The summed E-state index contributed by atoms with van der Waals surface area (Å²) in [4.78, 5) is 31.6. The van der Waals surface area contributed by atoms with Crippen molar-refractivity contribution in [3.8, 4) is 11.5 Å². The second-order valence-electron chi connectivity index (χ2n) is 7.72. The van der Waals surface area contributed by atoms with Gasteiger partial charge in [0.05, 0.1) is 42.7 Å². The van der Waals surface area contributed by atoms with Crippen LogP contribution in [0.15, 0.2) is 75.7 Å². The molecule has 2 heterocycles. The number of thiazole rings is 1. The van der Waals surface area contributed by atoms with Crippen molar-refractivity contribution in [1.82, 2.24) is 4.57 Å². The predicted octanol–water partition coefficient (Wildman–Crippen LogP) is 3.48. The minimum Gasteiger partial charge on any atom is -0.497 e. The van der Waals surface area contributed by atoms with Gasteiger partial charge in [-0.1, -0.05) is 53.8 Å². The van der Waals surface area contributed by atoms with Gasteiger partial charge in [0.1, 0.15) is 11.5 Å². The van der Waals surface area contributed by atoms with Crippen molar-refractivity contribution in [1.29, 1.82) is 0 Å². The van der Waals surface area contributed by atoms with Crippen LogP contribution < -0.4 is 24.4 Å². The summed E-state index contributed by atoms with van der Waals surface area (Å²) in [5.74, 6) is 0.753. The minimum atomic E-state index is -0.648. The Morgan fingerprint density at radius 3 is 2.60 bits per heavy atom. The Morgan fingerprint density at radius 2 is 1.91 bits per heavy atom. The molecule has 35 heavy (non-hydrogen) atoms. The number of ether oxygens (including phenoxy) is 3. The highest BCUT2D eigenvalue weighted by molar-refractivity contribution is 7.07. The van der Waals surface area contributed by atoms with E-state index in [1.165, 1.54) is 11.3 Å². The molecule has 1 aliphatic rings. The Labute approximate surface area is 206 Å². The fraction of sp³-hybridized carbons (Fsp3) is 0.222. The monoisotopic (exact) mass is 490 g/mol. The molecule has 8 heteroatoms. The van der Waals surface area contributed by atoms with Crippen molar-refractivity contribution in [3.05, 3.63) is 96.7 Å². The van der Waals surface area contributed by atoms with Gasteiger partial charge in [-0.25, -0.2) is 9.79 Å². The molecule has 0 saturated heterocycles. The Balaban J connectivity index is 1.88. The molecule has 0 fully saturated rings. The quantitative estimate of drug-likeness (QED) is 0.474. The lowest BCUT2D eigenvalue weighted by Gasteiger charge is -2.21. The zero-order valence-corrected chi connectivity index (χ0v) is 20.8. The Morgan fingerprint density at radius 1 is 1.14 bits per heavy atom. The van der Waals surface area contributed by atoms with Gasteiger partial charge in [-0.3, -0.25) is 9.36 Å². The molecule has 1 atom stereocenters. The number of carbonyl (C=O) groups is 1. The van der Waals surface area contributed by atoms with E-state index in [-0.39, 0.29) is 12.2 Å². The molecule has 0 radical (unpaired) electrons. The third kappa shape index (κ3) is 4.97. The Hall–Kier alpha value is -3.91. The van der Waals surface area contributed by atoms with Crippen molar-refractivity contribution < 1.29 is 19.0 Å². The molecular formula is C27H26N2O5S. The smallest absolute Gasteiger partial charge is 0.338 e. The SMILES string of the molecule is CCOC(=O)C1=C(C)N=c2s/c(=C\c3ccc(OC)cc3OC)c(=O)n2[C@@H]1/C=C/c1ccccc1. The van der Waals surface area contributed by atoms with Gasteiger partial charge in [0.2, 0.25) is 0 Å². The highest BCUT2D eigenvalue weighted by Crippen LogP contribution is 2.27. The number of esters is 1. The molecule has 2 aromatic carbocycles. The minimum absolute atomic E-state index is 0.229. The van der Waals surface area contributed by atoms with E-state index in [0.717, 1.165) is 11.1 Å². The average Bonchev–Trinajstić information content (AvgIpc) is 3.17. The van der Waals surface area contributed by atoms with E-state index in [2.05, 4.69) is 4.99 Å². The van der Waals surface area contributed by atoms with Gasteiger partial charge in [0.15, 0.2) is 4.80 Å². The molecule has 0 aliphatic carbocycles. The molecule has 180 valence electrons. The van der Waals surface area contributed by atoms with E-state index >= 15 is 0 Å². The third-order valence-electron chi connectivity index (χ3n) is 5.56. The van der Waals surface area contributed by atoms with Gasteiger partial charge in [0, 0.05) is 11.6 Å². The summed E-state index contributed by atoms with van der Waals surface area (Å²) in [6.07, 6.45) is 5.50. The maximum Gasteiger partial charge on any atom is 0.338 e. The van der Waals surface area contributed by atoms with E-state index in [9.17, 15) is 9.59 Å². The summed E-state index contributed by atoms with van der Waals surface area (Å²) in [5.41, 5.74) is 2.32. The van der Waals surface area contributed by atoms with Gasteiger partial charge in [-0.2, -0.15) is 0 Å². The Bertz CT molecular complexity index is 1480. The first-order valence-corrected chi connectivity index (χ1v) is 11.9. The lowest BCUT2D eigenvalue weighted by atomic mass is 10.0. The molecule has 3 aromatic rings. The number of hydrogen-bond acceptors (Lipinski definition) is 7. The lowest BCUT2D eigenvalue weighted by molar-refractivity contribution is -0.139. The first-order chi connectivity index (χ1) is 17.0. The largest absolute Gasteiger partial charge is 0.497 e. The van der Waals surface area contributed by atoms with Crippen molar-refractivity contribution in [2.24, 2.45) is 4.99 Å². The summed E-state index contributed by atoms with van der Waals surface area (Å²) >= 11 is 1.26. The van der Waals surface area contributed by atoms with Gasteiger partial charge in [-0.15, -0.1) is 0 Å². The fourth-order valence-corrected chi connectivity index (χ4v) is 4.91. The van der Waals surface area contributed by atoms with E-state index in [1.54, 1.807) is 50.8 Å². The van der Waals surface area contributed by atoms with Crippen molar-refractivity contribution in [2.45, 2.75) is 19.9 Å². The van der Waals surface area contributed by atoms with Crippen LogP contribution in [0.5, 0.6) is 11.5 Å². The lowest BCUT2D eigenvalue weighted by Crippen LogP contribution is -2.38. The molecule has 0 N–H and O–H groups in total. The van der Waals surface area contributed by atoms with Gasteiger partial charge >= 0.3 is 5.97 Å². The van der Waals surface area contributed by atoms with Crippen molar-refractivity contribution >= 4 is 29.5 Å². The molecule has 1 aliphatic heterocycles. The van der Waals surface area contributed by atoms with E-state index in [4.69, 9.17) is 14.2 Å². The summed E-state index contributed by atoms with van der Waals surface area (Å²) < 4.78 is 18.1. The van der Waals surface area contributed by atoms with Crippen LogP contribution in [-0.2, 0) is 9.53 Å². The van der Waals surface area contributed by atoms with Crippen LogP contribution in [-0.4, -0.2) is 31.4 Å². The molecule has 0 bridgehead atoms. The van der Waals surface area contributed by atoms with Crippen LogP contribution in [0.4, 0.5) is 0 Å². The number of benzene rings is 2. The summed E-state index contributed by atoms with van der Waals surface area (Å²) in [6.45, 7) is 3.74. The number of nitrogens with zero attached hydrogens (tertiary/aromatic N) is 2. The third-order valence-corrected chi connectivity index (χ3v) is 6.54. The highest BCUT2D eigenvalue weighted by Gasteiger charge is 2.30. The van der Waals surface area contributed by atoms with Crippen LogP contribution in [0, 0.1) is 0 Å². The van der Waals surface area contributed by atoms with Crippen molar-refractivity contribution in [2.75, 3.05) is 20.8 Å². The standard InChI is InChI=1S/C27H26N2O5S/c1-5-34-26(31)24-17(2)28-27-29(21(24)14-11-18-9-7-6-8-10-18)25(30)23(35-27)15-19-12-13-20(32-3)16-22(19)33-4/h6-16,21H,5H2,1-4H3/b14-11+,23-15-/t21-/m1/s1. The van der Waals surface area contributed by atoms with Crippen LogP contribution in [0.25, 0.3) is 12.2 Å². The zero-order valence-electron chi connectivity index (χ0n) is 20.0. The maximum atomic E-state index is 13.6. The summed E-state index contributed by atoms with van der Waals surface area (Å²) in [6, 6.07) is 14.5. The van der Waals surface area contributed by atoms with Gasteiger partial charge < -0.3 is 14.2 Å². The number of aromatic nitrogens is 1.